The average molecular weight is 361 g/mol. The van der Waals surface area contributed by atoms with Crippen molar-refractivity contribution in [3.05, 3.63) is 23.9 Å². The summed E-state index contributed by atoms with van der Waals surface area (Å²) in [5, 5.41) is 0. The van der Waals surface area contributed by atoms with Crippen LogP contribution in [0.4, 0.5) is 0 Å². The van der Waals surface area contributed by atoms with Gasteiger partial charge in [-0.1, -0.05) is 55.0 Å². The summed E-state index contributed by atoms with van der Waals surface area (Å²) >= 11 is 2.14. The van der Waals surface area contributed by atoms with Crippen LogP contribution in [-0.4, -0.2) is 21.8 Å². The fraction of sp³-hybridized carbons (Fsp3) is 0.667. The molecule has 1 atom stereocenters. The Morgan fingerprint density at radius 2 is 2.22 bits per heavy atom. The molecule has 0 aromatic rings. The van der Waals surface area contributed by atoms with Crippen LogP contribution in [-0.2, 0) is 4.79 Å². The highest BCUT2D eigenvalue weighted by Crippen LogP contribution is 2.42. The number of nitrogens with zero attached hydrogens (tertiary/aromatic N) is 1. The Labute approximate surface area is 125 Å². The number of halogens is 1. The van der Waals surface area contributed by atoms with Crippen LogP contribution in [0, 0.1) is 11.3 Å². The van der Waals surface area contributed by atoms with E-state index in [0.717, 1.165) is 6.42 Å². The summed E-state index contributed by atoms with van der Waals surface area (Å²) in [7, 11) is 0. The maximum absolute atomic E-state index is 12.1. The van der Waals surface area contributed by atoms with Gasteiger partial charge in [-0.25, -0.2) is 0 Å². The molecule has 0 spiro atoms. The molecule has 0 aromatic heterocycles. The molecular weight excluding hydrogens is 337 g/mol. The average Bonchev–Trinajstić information content (AvgIpc) is 2.29. The maximum Gasteiger partial charge on any atom is 0.236 e. The van der Waals surface area contributed by atoms with Gasteiger partial charge in [0.2, 0.25) is 5.91 Å². The highest BCUT2D eigenvalue weighted by molar-refractivity contribution is 14.1. The number of rotatable bonds is 4. The standard InChI is InChI=1S/C15H24INO/c1-6-7-17(14(18)10-16)13-9-15(4,5)8-11(2)12(13)3/h6,11H,1,7-10H2,2-5H3. The summed E-state index contributed by atoms with van der Waals surface area (Å²) in [4.78, 5) is 14.0. The fourth-order valence-electron chi connectivity index (χ4n) is 2.80. The summed E-state index contributed by atoms with van der Waals surface area (Å²) in [6.45, 7) is 13.4. The molecule has 1 unspecified atom stereocenters. The van der Waals surface area contributed by atoms with Crippen LogP contribution in [0.15, 0.2) is 23.9 Å². The first-order valence-electron chi connectivity index (χ1n) is 6.49. The van der Waals surface area contributed by atoms with Crippen LogP contribution in [0.2, 0.25) is 0 Å². The van der Waals surface area contributed by atoms with Crippen molar-refractivity contribution in [1.82, 2.24) is 4.90 Å². The Hall–Kier alpha value is -0.320. The molecule has 102 valence electrons. The Kier molecular flexibility index (Phi) is 5.44. The first-order chi connectivity index (χ1) is 8.32. The van der Waals surface area contributed by atoms with Crippen LogP contribution >= 0.6 is 22.6 Å². The van der Waals surface area contributed by atoms with Gasteiger partial charge in [-0.2, -0.15) is 0 Å². The highest BCUT2D eigenvalue weighted by Gasteiger charge is 2.33. The summed E-state index contributed by atoms with van der Waals surface area (Å²) in [5.74, 6) is 0.743. The van der Waals surface area contributed by atoms with Crippen molar-refractivity contribution in [2.75, 3.05) is 11.0 Å². The number of carbonyl (C=O) groups excluding carboxylic acids is 1. The number of alkyl halides is 1. The topological polar surface area (TPSA) is 20.3 Å². The Bertz CT molecular complexity index is 371. The summed E-state index contributed by atoms with van der Waals surface area (Å²) < 4.78 is 0.525. The molecule has 1 amide bonds. The third-order valence-electron chi connectivity index (χ3n) is 3.75. The van der Waals surface area contributed by atoms with Gasteiger partial charge >= 0.3 is 0 Å². The van der Waals surface area contributed by atoms with E-state index < -0.39 is 0 Å². The minimum Gasteiger partial charge on any atom is -0.312 e. The molecule has 0 aliphatic heterocycles. The van der Waals surface area contributed by atoms with E-state index in [1.165, 1.54) is 17.7 Å². The van der Waals surface area contributed by atoms with E-state index in [9.17, 15) is 4.79 Å². The first kappa shape index (κ1) is 15.7. The summed E-state index contributed by atoms with van der Waals surface area (Å²) in [5.41, 5.74) is 2.87. The molecule has 1 aliphatic carbocycles. The van der Waals surface area contributed by atoms with E-state index in [1.54, 1.807) is 0 Å². The second-order valence-electron chi connectivity index (χ2n) is 6.00. The smallest absolute Gasteiger partial charge is 0.236 e. The van der Waals surface area contributed by atoms with Gasteiger partial charge in [0.05, 0.1) is 4.43 Å². The van der Waals surface area contributed by atoms with Gasteiger partial charge < -0.3 is 4.90 Å². The number of allylic oxidation sites excluding steroid dienone is 2. The second kappa shape index (κ2) is 6.22. The van der Waals surface area contributed by atoms with Gasteiger partial charge in [-0.3, -0.25) is 4.79 Å². The number of hydrogen-bond donors (Lipinski definition) is 0. The zero-order valence-electron chi connectivity index (χ0n) is 11.9. The van der Waals surface area contributed by atoms with E-state index in [1.807, 2.05) is 11.0 Å². The van der Waals surface area contributed by atoms with Crippen LogP contribution in [0.1, 0.15) is 40.5 Å². The molecular formula is C15H24INO. The van der Waals surface area contributed by atoms with E-state index in [0.29, 0.717) is 16.9 Å². The largest absolute Gasteiger partial charge is 0.312 e. The van der Waals surface area contributed by atoms with Crippen molar-refractivity contribution in [3.63, 3.8) is 0 Å². The zero-order valence-corrected chi connectivity index (χ0v) is 14.1. The van der Waals surface area contributed by atoms with Crippen molar-refractivity contribution in [1.29, 1.82) is 0 Å². The van der Waals surface area contributed by atoms with Crippen molar-refractivity contribution in [2.45, 2.75) is 40.5 Å². The lowest BCUT2D eigenvalue weighted by atomic mass is 9.71. The quantitative estimate of drug-likeness (QED) is 0.418. The van der Waals surface area contributed by atoms with Crippen LogP contribution in [0.5, 0.6) is 0 Å². The van der Waals surface area contributed by atoms with Gasteiger partial charge in [0.1, 0.15) is 0 Å². The van der Waals surface area contributed by atoms with Crippen molar-refractivity contribution < 1.29 is 4.79 Å². The third-order valence-corrected chi connectivity index (χ3v) is 4.40. The predicted molar refractivity (Wildman–Crippen MR) is 85.7 cm³/mol. The number of hydrogen-bond acceptors (Lipinski definition) is 1. The van der Waals surface area contributed by atoms with Crippen molar-refractivity contribution in [2.24, 2.45) is 11.3 Å². The Balaban J connectivity index is 3.11. The van der Waals surface area contributed by atoms with Gasteiger partial charge in [0.15, 0.2) is 0 Å². The monoisotopic (exact) mass is 361 g/mol. The second-order valence-corrected chi connectivity index (χ2v) is 6.77. The molecule has 0 aromatic carbocycles. The van der Waals surface area contributed by atoms with Crippen molar-refractivity contribution >= 4 is 28.5 Å². The van der Waals surface area contributed by atoms with Gasteiger partial charge in [0.25, 0.3) is 0 Å². The SMILES string of the molecule is C=CCN(C(=O)CI)C1=C(C)C(C)CC(C)(C)C1. The van der Waals surface area contributed by atoms with Crippen LogP contribution in [0.25, 0.3) is 0 Å². The molecule has 1 rings (SSSR count). The molecule has 18 heavy (non-hydrogen) atoms. The molecule has 0 heterocycles. The lowest BCUT2D eigenvalue weighted by molar-refractivity contribution is -0.126. The molecule has 0 fully saturated rings. The van der Waals surface area contributed by atoms with Gasteiger partial charge in [-0.05, 0) is 31.1 Å². The molecule has 0 bridgehead atoms. The zero-order chi connectivity index (χ0) is 13.9. The molecule has 1 aliphatic rings. The van der Waals surface area contributed by atoms with Crippen molar-refractivity contribution in [3.8, 4) is 0 Å². The lowest BCUT2D eigenvalue weighted by Gasteiger charge is -2.40. The maximum atomic E-state index is 12.1. The third kappa shape index (κ3) is 3.59. The van der Waals surface area contributed by atoms with E-state index >= 15 is 0 Å². The molecule has 0 radical (unpaired) electrons. The Morgan fingerprint density at radius 1 is 1.61 bits per heavy atom. The molecule has 0 N–H and O–H groups in total. The van der Waals surface area contributed by atoms with Crippen LogP contribution < -0.4 is 0 Å². The normalized spacial score (nSPS) is 22.8. The van der Waals surface area contributed by atoms with E-state index in [-0.39, 0.29) is 11.3 Å². The van der Waals surface area contributed by atoms with E-state index in [2.05, 4.69) is 56.9 Å². The number of amides is 1. The molecule has 0 saturated heterocycles. The molecule has 0 saturated carbocycles. The van der Waals surface area contributed by atoms with Gasteiger partial charge in [0, 0.05) is 12.2 Å². The minimum absolute atomic E-state index is 0.190. The minimum atomic E-state index is 0.190. The first-order valence-corrected chi connectivity index (χ1v) is 8.02. The number of carbonyl (C=O) groups is 1. The summed E-state index contributed by atoms with van der Waals surface area (Å²) in [6.07, 6.45) is 4.00. The predicted octanol–water partition coefficient (Wildman–Crippen LogP) is 4.17. The molecule has 2 nitrogen and oxygen atoms in total. The molecule has 3 heteroatoms. The fourth-order valence-corrected chi connectivity index (χ4v) is 3.22. The Morgan fingerprint density at radius 3 is 2.72 bits per heavy atom. The highest BCUT2D eigenvalue weighted by atomic mass is 127. The van der Waals surface area contributed by atoms with Crippen LogP contribution in [0.3, 0.4) is 0 Å². The van der Waals surface area contributed by atoms with Gasteiger partial charge in [-0.15, -0.1) is 6.58 Å². The summed E-state index contributed by atoms with van der Waals surface area (Å²) in [6, 6.07) is 0. The lowest BCUT2D eigenvalue weighted by Crippen LogP contribution is -2.37. The van der Waals surface area contributed by atoms with E-state index in [4.69, 9.17) is 0 Å².